The molecule has 2 aliphatic rings. The number of fused-ring (bicyclic) bond motifs is 1. The van der Waals surface area contributed by atoms with Gasteiger partial charge in [-0.3, -0.25) is 4.79 Å². The van der Waals surface area contributed by atoms with Crippen LogP contribution >= 0.6 is 0 Å². The van der Waals surface area contributed by atoms with Gasteiger partial charge in [-0.1, -0.05) is 12.1 Å². The van der Waals surface area contributed by atoms with Gasteiger partial charge in [0.15, 0.2) is 11.5 Å². The summed E-state index contributed by atoms with van der Waals surface area (Å²) >= 11 is 0. The predicted molar refractivity (Wildman–Crippen MR) is 57.1 cm³/mol. The monoisotopic (exact) mass is 219 g/mol. The molecule has 1 aliphatic carbocycles. The number of para-hydroxylation sites is 1. The highest BCUT2D eigenvalue weighted by Crippen LogP contribution is 2.35. The molecule has 1 aromatic rings. The summed E-state index contributed by atoms with van der Waals surface area (Å²) in [5, 5.41) is 2.92. The fourth-order valence-electron chi connectivity index (χ4n) is 1.80. The fraction of sp³-hybridized carbons (Fsp3) is 0.417. The molecule has 1 saturated carbocycles. The first-order chi connectivity index (χ1) is 7.84. The maximum atomic E-state index is 11.5. The zero-order chi connectivity index (χ0) is 11.0. The Hall–Kier alpha value is -1.71. The Kier molecular flexibility index (Phi) is 2.20. The zero-order valence-corrected chi connectivity index (χ0v) is 8.86. The smallest absolute Gasteiger partial charge is 0.231 e. The minimum atomic E-state index is 0.150. The summed E-state index contributed by atoms with van der Waals surface area (Å²) in [7, 11) is 0. The third-order valence-corrected chi connectivity index (χ3v) is 2.88. The van der Waals surface area contributed by atoms with Crippen molar-refractivity contribution in [1.82, 2.24) is 5.32 Å². The van der Waals surface area contributed by atoms with Crippen molar-refractivity contribution in [2.24, 2.45) is 5.92 Å². The largest absolute Gasteiger partial charge is 0.454 e. The maximum absolute atomic E-state index is 11.5. The van der Waals surface area contributed by atoms with Crippen LogP contribution in [0.5, 0.6) is 11.5 Å². The van der Waals surface area contributed by atoms with Crippen LogP contribution in [0.25, 0.3) is 0 Å². The second-order valence-corrected chi connectivity index (χ2v) is 4.14. The standard InChI is InChI=1S/C12H13NO3/c14-12(8-4-5-8)13-6-9-2-1-3-10-11(9)16-7-15-10/h1-3,8H,4-7H2,(H,13,14). The molecule has 1 N–H and O–H groups in total. The van der Waals surface area contributed by atoms with E-state index in [9.17, 15) is 4.79 Å². The van der Waals surface area contributed by atoms with Gasteiger partial charge in [-0.2, -0.15) is 0 Å². The number of ether oxygens (including phenoxy) is 2. The fourth-order valence-corrected chi connectivity index (χ4v) is 1.80. The molecule has 0 aromatic heterocycles. The molecular formula is C12H13NO3. The number of rotatable bonds is 3. The Balaban J connectivity index is 1.70. The Morgan fingerprint density at radius 3 is 3.06 bits per heavy atom. The molecule has 4 nitrogen and oxygen atoms in total. The van der Waals surface area contributed by atoms with Crippen LogP contribution < -0.4 is 14.8 Å². The van der Waals surface area contributed by atoms with E-state index in [4.69, 9.17) is 9.47 Å². The molecule has 1 fully saturated rings. The van der Waals surface area contributed by atoms with Crippen molar-refractivity contribution in [2.45, 2.75) is 19.4 Å². The first kappa shape index (κ1) is 9.51. The summed E-state index contributed by atoms with van der Waals surface area (Å²) in [6.07, 6.45) is 2.05. The lowest BCUT2D eigenvalue weighted by molar-refractivity contribution is -0.122. The summed E-state index contributed by atoms with van der Waals surface area (Å²) in [6, 6.07) is 5.72. The number of carbonyl (C=O) groups is 1. The van der Waals surface area contributed by atoms with Gasteiger partial charge < -0.3 is 14.8 Å². The van der Waals surface area contributed by atoms with Gasteiger partial charge in [0.1, 0.15) is 0 Å². The van der Waals surface area contributed by atoms with Gasteiger partial charge in [-0.15, -0.1) is 0 Å². The van der Waals surface area contributed by atoms with Crippen molar-refractivity contribution in [3.8, 4) is 11.5 Å². The van der Waals surface area contributed by atoms with Gasteiger partial charge in [0.2, 0.25) is 12.7 Å². The lowest BCUT2D eigenvalue weighted by Crippen LogP contribution is -2.24. The molecule has 4 heteroatoms. The van der Waals surface area contributed by atoms with E-state index in [2.05, 4.69) is 5.32 Å². The Labute approximate surface area is 93.5 Å². The van der Waals surface area contributed by atoms with Gasteiger partial charge in [-0.05, 0) is 18.9 Å². The van der Waals surface area contributed by atoms with Gasteiger partial charge in [0, 0.05) is 18.0 Å². The first-order valence-corrected chi connectivity index (χ1v) is 5.50. The molecule has 0 spiro atoms. The molecule has 0 saturated heterocycles. The topological polar surface area (TPSA) is 47.6 Å². The molecule has 1 aliphatic heterocycles. The summed E-state index contributed by atoms with van der Waals surface area (Å²) in [5.41, 5.74) is 0.976. The summed E-state index contributed by atoms with van der Waals surface area (Å²) < 4.78 is 10.6. The van der Waals surface area contributed by atoms with Crippen molar-refractivity contribution in [2.75, 3.05) is 6.79 Å². The summed E-state index contributed by atoms with van der Waals surface area (Å²) in [6.45, 7) is 0.783. The quantitative estimate of drug-likeness (QED) is 0.836. The molecule has 3 rings (SSSR count). The minimum absolute atomic E-state index is 0.150. The van der Waals surface area contributed by atoms with Crippen LogP contribution in [0, 0.1) is 5.92 Å². The molecule has 0 bridgehead atoms. The van der Waals surface area contributed by atoms with E-state index < -0.39 is 0 Å². The number of benzene rings is 1. The molecule has 0 unspecified atom stereocenters. The van der Waals surface area contributed by atoms with Crippen LogP contribution in [0.4, 0.5) is 0 Å². The normalized spacial score (nSPS) is 17.2. The Morgan fingerprint density at radius 2 is 2.25 bits per heavy atom. The van der Waals surface area contributed by atoms with E-state index in [0.717, 1.165) is 29.9 Å². The van der Waals surface area contributed by atoms with E-state index in [1.165, 1.54) is 0 Å². The molecule has 0 radical (unpaired) electrons. The molecular weight excluding hydrogens is 206 g/mol. The van der Waals surface area contributed by atoms with Crippen LogP contribution in [-0.4, -0.2) is 12.7 Å². The van der Waals surface area contributed by atoms with Crippen LogP contribution in [0.3, 0.4) is 0 Å². The number of hydrogen-bond acceptors (Lipinski definition) is 3. The molecule has 16 heavy (non-hydrogen) atoms. The van der Waals surface area contributed by atoms with Crippen LogP contribution in [0.1, 0.15) is 18.4 Å². The van der Waals surface area contributed by atoms with E-state index in [1.54, 1.807) is 0 Å². The Morgan fingerprint density at radius 1 is 1.38 bits per heavy atom. The second kappa shape index (κ2) is 3.70. The van der Waals surface area contributed by atoms with Crippen molar-refractivity contribution in [1.29, 1.82) is 0 Å². The van der Waals surface area contributed by atoms with Crippen LogP contribution in [0.2, 0.25) is 0 Å². The van der Waals surface area contributed by atoms with Crippen LogP contribution in [0.15, 0.2) is 18.2 Å². The average Bonchev–Trinajstić information content (AvgIpc) is 3.04. The SMILES string of the molecule is O=C(NCc1cccc2c1OCO2)C1CC1. The highest BCUT2D eigenvalue weighted by molar-refractivity contribution is 5.80. The van der Waals surface area contributed by atoms with Gasteiger partial charge >= 0.3 is 0 Å². The van der Waals surface area contributed by atoms with Gasteiger partial charge in [0.25, 0.3) is 0 Å². The summed E-state index contributed by atoms with van der Waals surface area (Å²) in [5.74, 6) is 1.92. The average molecular weight is 219 g/mol. The number of nitrogens with one attached hydrogen (secondary N) is 1. The number of hydrogen-bond donors (Lipinski definition) is 1. The lowest BCUT2D eigenvalue weighted by Gasteiger charge is -2.07. The number of carbonyl (C=O) groups excluding carboxylic acids is 1. The molecule has 1 amide bonds. The highest BCUT2D eigenvalue weighted by Gasteiger charge is 2.29. The van der Waals surface area contributed by atoms with Crippen molar-refractivity contribution < 1.29 is 14.3 Å². The minimum Gasteiger partial charge on any atom is -0.454 e. The van der Waals surface area contributed by atoms with Crippen molar-refractivity contribution >= 4 is 5.91 Å². The molecule has 1 heterocycles. The predicted octanol–water partition coefficient (Wildman–Crippen LogP) is 1.44. The molecule has 84 valence electrons. The van der Waals surface area contributed by atoms with E-state index >= 15 is 0 Å². The zero-order valence-electron chi connectivity index (χ0n) is 8.86. The maximum Gasteiger partial charge on any atom is 0.231 e. The lowest BCUT2D eigenvalue weighted by atomic mass is 10.2. The van der Waals surface area contributed by atoms with Crippen molar-refractivity contribution in [3.63, 3.8) is 0 Å². The van der Waals surface area contributed by atoms with E-state index in [1.807, 2.05) is 18.2 Å². The molecule has 1 aromatic carbocycles. The highest BCUT2D eigenvalue weighted by atomic mass is 16.7. The molecule has 0 atom stereocenters. The first-order valence-electron chi connectivity index (χ1n) is 5.50. The van der Waals surface area contributed by atoms with E-state index in [0.29, 0.717) is 6.54 Å². The Bertz CT molecular complexity index is 426. The third-order valence-electron chi connectivity index (χ3n) is 2.88. The second-order valence-electron chi connectivity index (χ2n) is 4.14. The van der Waals surface area contributed by atoms with Gasteiger partial charge in [0.05, 0.1) is 0 Å². The van der Waals surface area contributed by atoms with Gasteiger partial charge in [-0.25, -0.2) is 0 Å². The van der Waals surface area contributed by atoms with Crippen molar-refractivity contribution in [3.05, 3.63) is 23.8 Å². The van der Waals surface area contributed by atoms with Crippen LogP contribution in [-0.2, 0) is 11.3 Å². The summed E-state index contributed by atoms with van der Waals surface area (Å²) in [4.78, 5) is 11.5. The van der Waals surface area contributed by atoms with E-state index in [-0.39, 0.29) is 18.6 Å². The third kappa shape index (κ3) is 1.71. The number of amides is 1.